The number of amides is 1. The predicted octanol–water partition coefficient (Wildman–Crippen LogP) is 3.29. The van der Waals surface area contributed by atoms with Gasteiger partial charge in [0.05, 0.1) is 18.2 Å². The Balaban J connectivity index is 1.70. The minimum absolute atomic E-state index is 0.123. The van der Waals surface area contributed by atoms with Gasteiger partial charge in [0.15, 0.2) is 5.76 Å². The molecular weight excluding hydrogens is 368 g/mol. The Hall–Kier alpha value is -3.13. The van der Waals surface area contributed by atoms with Crippen LogP contribution in [0.3, 0.4) is 0 Å². The lowest BCUT2D eigenvalue weighted by atomic mass is 10.3. The normalized spacial score (nSPS) is 10.6. The second kappa shape index (κ2) is 8.05. The highest BCUT2D eigenvalue weighted by Crippen LogP contribution is 2.28. The van der Waals surface area contributed by atoms with Gasteiger partial charge in [0, 0.05) is 12.3 Å². The number of hydrogen-bond donors (Lipinski definition) is 1. The molecule has 3 aromatic heterocycles. The number of ether oxygens (including phenoxy) is 1. The summed E-state index contributed by atoms with van der Waals surface area (Å²) in [5, 5.41) is 3.24. The van der Waals surface area contributed by atoms with E-state index in [1.54, 1.807) is 50.4 Å². The van der Waals surface area contributed by atoms with Crippen LogP contribution in [0.2, 0.25) is 0 Å². The number of esters is 1. The number of anilines is 1. The lowest BCUT2D eigenvalue weighted by molar-refractivity contribution is 0.0531. The van der Waals surface area contributed by atoms with E-state index in [0.717, 1.165) is 16.9 Å². The molecule has 1 N–H and O–H groups in total. The van der Waals surface area contributed by atoms with E-state index in [2.05, 4.69) is 5.32 Å². The third-order valence-corrected chi connectivity index (χ3v) is 4.86. The second-order valence-corrected chi connectivity index (χ2v) is 6.78. The van der Waals surface area contributed by atoms with Gasteiger partial charge in [-0.25, -0.2) is 4.79 Å². The van der Waals surface area contributed by atoms with Crippen molar-refractivity contribution < 1.29 is 18.7 Å². The number of hydrogen-bond acceptors (Lipinski definition) is 6. The van der Waals surface area contributed by atoms with Gasteiger partial charge < -0.3 is 19.0 Å². The number of furan rings is 1. The molecule has 0 bridgehead atoms. The summed E-state index contributed by atoms with van der Waals surface area (Å²) in [4.78, 5) is 36.4. The molecule has 27 heavy (non-hydrogen) atoms. The Labute approximate surface area is 159 Å². The highest BCUT2D eigenvalue weighted by atomic mass is 32.1. The van der Waals surface area contributed by atoms with Crippen LogP contribution in [0.1, 0.15) is 38.5 Å². The molecular formula is C19H18N2O5S. The van der Waals surface area contributed by atoms with Gasteiger partial charge in [-0.3, -0.25) is 9.59 Å². The summed E-state index contributed by atoms with van der Waals surface area (Å²) in [5.41, 5.74) is 0.581. The molecule has 0 aliphatic rings. The number of thiophene rings is 1. The molecule has 0 aliphatic heterocycles. The van der Waals surface area contributed by atoms with Gasteiger partial charge in [-0.1, -0.05) is 6.07 Å². The third kappa shape index (κ3) is 4.35. The molecule has 0 fully saturated rings. The van der Waals surface area contributed by atoms with Gasteiger partial charge in [-0.2, -0.15) is 0 Å². The minimum atomic E-state index is -0.432. The molecule has 7 nitrogen and oxygen atoms in total. The number of nitrogens with one attached hydrogen (secondary N) is 1. The molecule has 140 valence electrons. The summed E-state index contributed by atoms with van der Waals surface area (Å²) in [7, 11) is 0. The number of carbonyl (C=O) groups is 2. The zero-order chi connectivity index (χ0) is 19.4. The number of pyridine rings is 1. The maximum atomic E-state index is 12.4. The zero-order valence-electron chi connectivity index (χ0n) is 14.9. The van der Waals surface area contributed by atoms with Crippen molar-refractivity contribution in [2.24, 2.45) is 0 Å². The first kappa shape index (κ1) is 18.7. The van der Waals surface area contributed by atoms with Crippen LogP contribution in [-0.2, 0) is 11.3 Å². The standard InChI is InChI=1S/C19H18N2O5S/c1-3-25-19(24)17-12(2)10-15(27-17)20-18(23)14-8-7-13(26-14)11-21-9-5-4-6-16(21)22/h4-10H,3,11H2,1-2H3,(H,20,23). The number of rotatable bonds is 6. The molecule has 3 aromatic rings. The van der Waals surface area contributed by atoms with Gasteiger partial charge in [0.1, 0.15) is 10.6 Å². The third-order valence-electron chi connectivity index (χ3n) is 3.73. The lowest BCUT2D eigenvalue weighted by Gasteiger charge is -2.02. The van der Waals surface area contributed by atoms with Crippen molar-refractivity contribution in [1.82, 2.24) is 4.57 Å². The van der Waals surface area contributed by atoms with E-state index in [4.69, 9.17) is 9.15 Å². The quantitative estimate of drug-likeness (QED) is 0.657. The first-order chi connectivity index (χ1) is 13.0. The van der Waals surface area contributed by atoms with E-state index in [1.807, 2.05) is 0 Å². The average molecular weight is 386 g/mol. The highest BCUT2D eigenvalue weighted by molar-refractivity contribution is 7.18. The molecule has 0 saturated carbocycles. The SMILES string of the molecule is CCOC(=O)c1sc(NC(=O)c2ccc(Cn3ccccc3=O)o2)cc1C. The zero-order valence-corrected chi connectivity index (χ0v) is 15.7. The molecule has 3 rings (SSSR count). The Morgan fingerprint density at radius 1 is 1.26 bits per heavy atom. The Morgan fingerprint density at radius 2 is 2.07 bits per heavy atom. The van der Waals surface area contributed by atoms with Crippen molar-refractivity contribution in [2.75, 3.05) is 11.9 Å². The number of nitrogens with zero attached hydrogens (tertiary/aromatic N) is 1. The van der Waals surface area contributed by atoms with Crippen LogP contribution in [0, 0.1) is 6.92 Å². The maximum absolute atomic E-state index is 12.4. The van der Waals surface area contributed by atoms with E-state index in [-0.39, 0.29) is 24.5 Å². The van der Waals surface area contributed by atoms with Crippen LogP contribution in [0.25, 0.3) is 0 Å². The fourth-order valence-corrected chi connectivity index (χ4v) is 3.42. The highest BCUT2D eigenvalue weighted by Gasteiger charge is 2.18. The molecule has 0 unspecified atom stereocenters. The van der Waals surface area contributed by atoms with E-state index < -0.39 is 11.9 Å². The lowest BCUT2D eigenvalue weighted by Crippen LogP contribution is -2.17. The van der Waals surface area contributed by atoms with E-state index in [0.29, 0.717) is 15.6 Å². The summed E-state index contributed by atoms with van der Waals surface area (Å²) in [6.45, 7) is 4.04. The van der Waals surface area contributed by atoms with Crippen LogP contribution in [0.15, 0.2) is 51.8 Å². The van der Waals surface area contributed by atoms with Gasteiger partial charge >= 0.3 is 5.97 Å². The van der Waals surface area contributed by atoms with Crippen LogP contribution >= 0.6 is 11.3 Å². The van der Waals surface area contributed by atoms with Crippen LogP contribution in [0.4, 0.5) is 5.00 Å². The van der Waals surface area contributed by atoms with Gasteiger partial charge in [-0.15, -0.1) is 11.3 Å². The summed E-state index contributed by atoms with van der Waals surface area (Å²) >= 11 is 1.15. The summed E-state index contributed by atoms with van der Waals surface area (Å²) in [6, 6.07) is 9.77. The number of aromatic nitrogens is 1. The minimum Gasteiger partial charge on any atom is -0.462 e. The fraction of sp³-hybridized carbons (Fsp3) is 0.211. The molecule has 0 spiro atoms. The molecule has 0 aromatic carbocycles. The van der Waals surface area contributed by atoms with Crippen molar-refractivity contribution in [3.05, 3.63) is 74.9 Å². The molecule has 1 amide bonds. The van der Waals surface area contributed by atoms with Crippen LogP contribution in [-0.4, -0.2) is 23.1 Å². The topological polar surface area (TPSA) is 90.5 Å². The molecule has 0 atom stereocenters. The van der Waals surface area contributed by atoms with Crippen LogP contribution < -0.4 is 10.9 Å². The van der Waals surface area contributed by atoms with Gasteiger partial charge in [0.2, 0.25) is 0 Å². The molecule has 3 heterocycles. The monoisotopic (exact) mass is 386 g/mol. The van der Waals surface area contributed by atoms with Crippen molar-refractivity contribution in [1.29, 1.82) is 0 Å². The van der Waals surface area contributed by atoms with Crippen LogP contribution in [0.5, 0.6) is 0 Å². The maximum Gasteiger partial charge on any atom is 0.348 e. The Kier molecular flexibility index (Phi) is 5.56. The van der Waals surface area contributed by atoms with E-state index >= 15 is 0 Å². The van der Waals surface area contributed by atoms with E-state index in [1.165, 1.54) is 10.6 Å². The van der Waals surface area contributed by atoms with Crippen molar-refractivity contribution >= 4 is 28.2 Å². The fourth-order valence-electron chi connectivity index (χ4n) is 2.46. The predicted molar refractivity (Wildman–Crippen MR) is 101 cm³/mol. The van der Waals surface area contributed by atoms with Crippen molar-refractivity contribution in [3.8, 4) is 0 Å². The first-order valence-corrected chi connectivity index (χ1v) is 9.12. The molecule has 0 radical (unpaired) electrons. The summed E-state index contributed by atoms with van der Waals surface area (Å²) < 4.78 is 12.0. The van der Waals surface area contributed by atoms with Gasteiger partial charge in [0.25, 0.3) is 11.5 Å². The first-order valence-electron chi connectivity index (χ1n) is 8.31. The Morgan fingerprint density at radius 3 is 2.81 bits per heavy atom. The van der Waals surface area contributed by atoms with Crippen molar-refractivity contribution in [3.63, 3.8) is 0 Å². The van der Waals surface area contributed by atoms with E-state index in [9.17, 15) is 14.4 Å². The average Bonchev–Trinajstić information content (AvgIpc) is 3.24. The largest absolute Gasteiger partial charge is 0.462 e. The van der Waals surface area contributed by atoms with Crippen molar-refractivity contribution in [2.45, 2.75) is 20.4 Å². The summed E-state index contributed by atoms with van der Waals surface area (Å²) in [6.07, 6.45) is 1.65. The van der Waals surface area contributed by atoms with Gasteiger partial charge in [-0.05, 0) is 43.7 Å². The smallest absolute Gasteiger partial charge is 0.348 e. The molecule has 0 aliphatic carbocycles. The number of carbonyl (C=O) groups excluding carboxylic acids is 2. The molecule has 8 heteroatoms. The number of aryl methyl sites for hydroxylation is 1. The second-order valence-electron chi connectivity index (χ2n) is 5.73. The molecule has 0 saturated heterocycles. The Bertz CT molecular complexity index is 1030. The summed E-state index contributed by atoms with van der Waals surface area (Å²) in [5.74, 6) is -0.229.